The second kappa shape index (κ2) is 5.98. The number of hydrogen-bond donors (Lipinski definition) is 1. The summed E-state index contributed by atoms with van der Waals surface area (Å²) < 4.78 is 5.92. The van der Waals surface area contributed by atoms with Crippen LogP contribution in [0.3, 0.4) is 0 Å². The number of fused-ring (bicyclic) bond motifs is 3. The molecule has 0 saturated heterocycles. The van der Waals surface area contributed by atoms with Crippen LogP contribution in [0.5, 0.6) is 0 Å². The van der Waals surface area contributed by atoms with Crippen molar-refractivity contribution >= 4 is 21.9 Å². The highest BCUT2D eigenvalue weighted by molar-refractivity contribution is 5.83. The molecule has 3 heteroatoms. The van der Waals surface area contributed by atoms with E-state index in [4.69, 9.17) is 4.42 Å². The topological polar surface area (TPSA) is 41.8 Å². The molecule has 0 amide bonds. The molecule has 0 radical (unpaired) electrons. The summed E-state index contributed by atoms with van der Waals surface area (Å²) in [7, 11) is 0. The predicted molar refractivity (Wildman–Crippen MR) is 110 cm³/mol. The SMILES string of the molecule is CC(C)c1coc2cc(C3Cc4cc5[nH]ncc5cc4C3C(C)C)ccc12. The first-order valence-electron chi connectivity index (χ1n) is 10.00. The standard InChI is InChI=1S/C24H26N2O/c1-13(2)21-12-27-23-10-15(5-6-18(21)23)19-7-16-9-22-17(11-25-26-22)8-20(16)24(19)14(3)4/h5-6,8-14,19,24H,7H2,1-4H3,(H,25,26). The summed E-state index contributed by atoms with van der Waals surface area (Å²) in [6.07, 6.45) is 4.94. The number of rotatable bonds is 3. The summed E-state index contributed by atoms with van der Waals surface area (Å²) in [6.45, 7) is 9.12. The van der Waals surface area contributed by atoms with Crippen molar-refractivity contribution < 1.29 is 4.42 Å². The Labute approximate surface area is 159 Å². The van der Waals surface area contributed by atoms with Gasteiger partial charge < -0.3 is 4.42 Å². The van der Waals surface area contributed by atoms with Crippen LogP contribution >= 0.6 is 0 Å². The van der Waals surface area contributed by atoms with Gasteiger partial charge in [0.1, 0.15) is 5.58 Å². The number of aromatic amines is 1. The van der Waals surface area contributed by atoms with E-state index in [1.807, 2.05) is 12.5 Å². The molecule has 3 nitrogen and oxygen atoms in total. The van der Waals surface area contributed by atoms with E-state index in [0.29, 0.717) is 23.7 Å². The molecule has 0 spiro atoms. The Morgan fingerprint density at radius 3 is 2.74 bits per heavy atom. The molecule has 2 unspecified atom stereocenters. The quantitative estimate of drug-likeness (QED) is 0.453. The van der Waals surface area contributed by atoms with E-state index < -0.39 is 0 Å². The Bertz CT molecular complexity index is 1130. The van der Waals surface area contributed by atoms with Crippen LogP contribution in [0.4, 0.5) is 0 Å². The third kappa shape index (κ3) is 2.52. The van der Waals surface area contributed by atoms with E-state index in [2.05, 4.69) is 68.2 Å². The fourth-order valence-corrected chi connectivity index (χ4v) is 5.01. The van der Waals surface area contributed by atoms with E-state index in [9.17, 15) is 0 Å². The van der Waals surface area contributed by atoms with Crippen LogP contribution in [0, 0.1) is 5.92 Å². The minimum atomic E-state index is 0.479. The van der Waals surface area contributed by atoms with E-state index in [1.165, 1.54) is 33.0 Å². The van der Waals surface area contributed by atoms with Gasteiger partial charge in [-0.25, -0.2) is 0 Å². The number of furan rings is 1. The predicted octanol–water partition coefficient (Wildman–Crippen LogP) is 6.51. The highest BCUT2D eigenvalue weighted by Crippen LogP contribution is 2.49. The van der Waals surface area contributed by atoms with Crippen molar-refractivity contribution in [2.24, 2.45) is 5.92 Å². The van der Waals surface area contributed by atoms with Crippen LogP contribution in [-0.4, -0.2) is 10.2 Å². The summed E-state index contributed by atoms with van der Waals surface area (Å²) >= 11 is 0. The lowest BCUT2D eigenvalue weighted by Gasteiger charge is -2.24. The van der Waals surface area contributed by atoms with E-state index >= 15 is 0 Å². The minimum Gasteiger partial charge on any atom is -0.464 e. The molecule has 1 N–H and O–H groups in total. The van der Waals surface area contributed by atoms with Crippen LogP contribution in [0.2, 0.25) is 0 Å². The molecule has 2 aromatic heterocycles. The Kier molecular flexibility index (Phi) is 3.68. The summed E-state index contributed by atoms with van der Waals surface area (Å²) in [4.78, 5) is 0. The molecule has 0 fully saturated rings. The largest absolute Gasteiger partial charge is 0.464 e. The van der Waals surface area contributed by atoms with Crippen LogP contribution < -0.4 is 0 Å². The number of aromatic nitrogens is 2. The molecule has 0 saturated carbocycles. The average Bonchev–Trinajstić information content (AvgIpc) is 3.34. The van der Waals surface area contributed by atoms with Gasteiger partial charge in [0.25, 0.3) is 0 Å². The van der Waals surface area contributed by atoms with Gasteiger partial charge >= 0.3 is 0 Å². The van der Waals surface area contributed by atoms with Crippen LogP contribution in [-0.2, 0) is 6.42 Å². The first-order valence-corrected chi connectivity index (χ1v) is 10.00. The normalized spacial score (nSPS) is 19.6. The second-order valence-electron chi connectivity index (χ2n) is 8.69. The van der Waals surface area contributed by atoms with E-state index in [-0.39, 0.29) is 0 Å². The Hall–Kier alpha value is -2.55. The first-order chi connectivity index (χ1) is 13.0. The molecule has 2 aromatic carbocycles. The smallest absolute Gasteiger partial charge is 0.134 e. The third-order valence-electron chi connectivity index (χ3n) is 6.33. The fraction of sp³-hybridized carbons (Fsp3) is 0.375. The van der Waals surface area contributed by atoms with Crippen molar-refractivity contribution in [3.8, 4) is 0 Å². The zero-order valence-electron chi connectivity index (χ0n) is 16.4. The van der Waals surface area contributed by atoms with Crippen molar-refractivity contribution in [3.63, 3.8) is 0 Å². The van der Waals surface area contributed by atoms with Crippen molar-refractivity contribution in [2.45, 2.75) is 51.9 Å². The van der Waals surface area contributed by atoms with Gasteiger partial charge in [-0.1, -0.05) is 39.8 Å². The van der Waals surface area contributed by atoms with Gasteiger partial charge in [-0.15, -0.1) is 0 Å². The maximum Gasteiger partial charge on any atom is 0.134 e. The summed E-state index contributed by atoms with van der Waals surface area (Å²) in [5, 5.41) is 9.79. The minimum absolute atomic E-state index is 0.479. The molecular weight excluding hydrogens is 332 g/mol. The molecule has 2 heterocycles. The summed E-state index contributed by atoms with van der Waals surface area (Å²) in [6, 6.07) is 11.5. The molecule has 0 bridgehead atoms. The average molecular weight is 358 g/mol. The van der Waals surface area contributed by atoms with Gasteiger partial charge in [-0.05, 0) is 65.0 Å². The molecule has 5 rings (SSSR count). The van der Waals surface area contributed by atoms with Gasteiger partial charge in [0, 0.05) is 16.3 Å². The second-order valence-corrected chi connectivity index (χ2v) is 8.69. The highest BCUT2D eigenvalue weighted by Gasteiger charge is 2.36. The fourth-order valence-electron chi connectivity index (χ4n) is 5.01. The van der Waals surface area contributed by atoms with Crippen LogP contribution in [0.1, 0.15) is 67.7 Å². The molecule has 1 aliphatic rings. The first kappa shape index (κ1) is 16.6. The van der Waals surface area contributed by atoms with Gasteiger partial charge in [-0.3, -0.25) is 5.10 Å². The maximum absolute atomic E-state index is 5.92. The Morgan fingerprint density at radius 2 is 1.96 bits per heavy atom. The maximum atomic E-state index is 5.92. The number of H-pyrrole nitrogens is 1. The molecule has 4 aromatic rings. The molecule has 0 aliphatic heterocycles. The molecular formula is C24H26N2O. The zero-order valence-corrected chi connectivity index (χ0v) is 16.4. The van der Waals surface area contributed by atoms with Gasteiger partial charge in [0.15, 0.2) is 0 Å². The lowest BCUT2D eigenvalue weighted by atomic mass is 9.79. The molecule has 138 valence electrons. The van der Waals surface area contributed by atoms with Crippen molar-refractivity contribution in [2.75, 3.05) is 0 Å². The van der Waals surface area contributed by atoms with Gasteiger partial charge in [-0.2, -0.15) is 5.10 Å². The van der Waals surface area contributed by atoms with Gasteiger partial charge in [0.2, 0.25) is 0 Å². The lowest BCUT2D eigenvalue weighted by Crippen LogP contribution is -2.12. The zero-order chi connectivity index (χ0) is 18.7. The number of nitrogens with one attached hydrogen (secondary N) is 1. The van der Waals surface area contributed by atoms with Crippen LogP contribution in [0.25, 0.3) is 21.9 Å². The van der Waals surface area contributed by atoms with E-state index in [0.717, 1.165) is 17.5 Å². The van der Waals surface area contributed by atoms with Crippen LogP contribution in [0.15, 0.2) is 47.2 Å². The lowest BCUT2D eigenvalue weighted by molar-refractivity contribution is 0.445. The summed E-state index contributed by atoms with van der Waals surface area (Å²) in [5.74, 6) is 2.08. The molecule has 1 aliphatic carbocycles. The Balaban J connectivity index is 1.60. The van der Waals surface area contributed by atoms with E-state index in [1.54, 1.807) is 0 Å². The highest BCUT2D eigenvalue weighted by atomic mass is 16.3. The molecule has 27 heavy (non-hydrogen) atoms. The summed E-state index contributed by atoms with van der Waals surface area (Å²) in [5.41, 5.74) is 7.80. The molecule has 2 atom stereocenters. The van der Waals surface area contributed by atoms with Crippen molar-refractivity contribution in [1.82, 2.24) is 10.2 Å². The van der Waals surface area contributed by atoms with Gasteiger partial charge in [0.05, 0.1) is 18.0 Å². The number of hydrogen-bond acceptors (Lipinski definition) is 2. The van der Waals surface area contributed by atoms with Crippen molar-refractivity contribution in [1.29, 1.82) is 0 Å². The Morgan fingerprint density at radius 1 is 1.11 bits per heavy atom. The van der Waals surface area contributed by atoms with Crippen molar-refractivity contribution in [3.05, 3.63) is 65.0 Å². The number of nitrogens with zero attached hydrogens (tertiary/aromatic N) is 1. The number of benzene rings is 2. The third-order valence-corrected chi connectivity index (χ3v) is 6.33. The monoisotopic (exact) mass is 358 g/mol.